The van der Waals surface area contributed by atoms with E-state index in [1.165, 1.54) is 6.07 Å². The molecule has 0 aliphatic rings. The Morgan fingerprint density at radius 2 is 2.08 bits per heavy atom. The molecular weight excluding hydrogens is 304 g/mol. The fourth-order valence-corrected chi connectivity index (χ4v) is 2.49. The molecule has 0 atom stereocenters. The van der Waals surface area contributed by atoms with Crippen molar-refractivity contribution in [3.05, 3.63) is 83.6 Å². The third-order valence-electron chi connectivity index (χ3n) is 3.69. The van der Waals surface area contributed by atoms with Crippen LogP contribution in [-0.2, 0) is 13.1 Å². The van der Waals surface area contributed by atoms with E-state index in [0.29, 0.717) is 18.8 Å². The normalized spacial score (nSPS) is 10.5. The highest BCUT2D eigenvalue weighted by Crippen LogP contribution is 2.22. The number of pyridine rings is 1. The lowest BCUT2D eigenvalue weighted by Crippen LogP contribution is -2.30. The van der Waals surface area contributed by atoms with Crippen LogP contribution in [0.2, 0.25) is 0 Å². The van der Waals surface area contributed by atoms with E-state index >= 15 is 0 Å². The quantitative estimate of drug-likeness (QED) is 0.780. The number of hydrogen-bond acceptors (Lipinski definition) is 4. The molecule has 0 aliphatic carbocycles. The van der Waals surface area contributed by atoms with Gasteiger partial charge in [0.2, 0.25) is 0 Å². The van der Waals surface area contributed by atoms with Gasteiger partial charge in [-0.2, -0.15) is 0 Å². The van der Waals surface area contributed by atoms with E-state index in [-0.39, 0.29) is 17.2 Å². The van der Waals surface area contributed by atoms with Gasteiger partial charge in [-0.3, -0.25) is 9.78 Å². The molecule has 0 radical (unpaired) electrons. The van der Waals surface area contributed by atoms with Gasteiger partial charge < -0.3 is 14.4 Å². The average Bonchev–Trinajstić information content (AvgIpc) is 3.10. The minimum Gasteiger partial charge on any atom is -0.507 e. The first-order valence-electron chi connectivity index (χ1n) is 7.63. The second-order valence-corrected chi connectivity index (χ2v) is 5.62. The van der Waals surface area contributed by atoms with Crippen LogP contribution in [0.3, 0.4) is 0 Å². The van der Waals surface area contributed by atoms with Crippen molar-refractivity contribution in [2.24, 2.45) is 0 Å². The van der Waals surface area contributed by atoms with Gasteiger partial charge in [0, 0.05) is 18.9 Å². The van der Waals surface area contributed by atoms with Crippen LogP contribution in [0.25, 0.3) is 0 Å². The summed E-state index contributed by atoms with van der Waals surface area (Å²) in [6, 6.07) is 12.3. The van der Waals surface area contributed by atoms with Crippen LogP contribution < -0.4 is 0 Å². The summed E-state index contributed by atoms with van der Waals surface area (Å²) < 4.78 is 5.37. The summed E-state index contributed by atoms with van der Waals surface area (Å²) in [5, 5.41) is 10.1. The van der Waals surface area contributed by atoms with E-state index in [1.54, 1.807) is 41.8 Å². The van der Waals surface area contributed by atoms with Gasteiger partial charge in [-0.15, -0.1) is 0 Å². The van der Waals surface area contributed by atoms with Crippen LogP contribution in [0.4, 0.5) is 0 Å². The molecule has 122 valence electrons. The fraction of sp³-hybridized carbons (Fsp3) is 0.158. The van der Waals surface area contributed by atoms with E-state index in [1.807, 2.05) is 25.1 Å². The van der Waals surface area contributed by atoms with Crippen molar-refractivity contribution < 1.29 is 14.3 Å². The maximum atomic E-state index is 13.0. The average molecular weight is 322 g/mol. The molecule has 24 heavy (non-hydrogen) atoms. The zero-order valence-electron chi connectivity index (χ0n) is 13.3. The molecule has 1 N–H and O–H groups in total. The van der Waals surface area contributed by atoms with Crippen molar-refractivity contribution in [3.63, 3.8) is 0 Å². The Labute approximate surface area is 140 Å². The van der Waals surface area contributed by atoms with Gasteiger partial charge in [0.25, 0.3) is 5.91 Å². The zero-order valence-corrected chi connectivity index (χ0v) is 13.3. The molecule has 0 unspecified atom stereocenters. The predicted octanol–water partition coefficient (Wildman–Crippen LogP) is 3.53. The Balaban J connectivity index is 1.90. The molecule has 1 amide bonds. The number of amides is 1. The van der Waals surface area contributed by atoms with E-state index in [9.17, 15) is 9.90 Å². The number of furan rings is 1. The summed E-state index contributed by atoms with van der Waals surface area (Å²) in [7, 11) is 0. The number of carbonyl (C=O) groups excluding carboxylic acids is 1. The summed E-state index contributed by atoms with van der Waals surface area (Å²) in [4.78, 5) is 18.7. The van der Waals surface area contributed by atoms with Crippen LogP contribution >= 0.6 is 0 Å². The molecule has 0 spiro atoms. The highest BCUT2D eigenvalue weighted by atomic mass is 16.3. The van der Waals surface area contributed by atoms with Crippen LogP contribution in [0, 0.1) is 6.92 Å². The van der Waals surface area contributed by atoms with Gasteiger partial charge in [-0.25, -0.2) is 0 Å². The van der Waals surface area contributed by atoms with Crippen LogP contribution in [-0.4, -0.2) is 20.9 Å². The molecule has 0 aliphatic heterocycles. The Hall–Kier alpha value is -3.08. The van der Waals surface area contributed by atoms with E-state index in [2.05, 4.69) is 4.98 Å². The standard InChI is InChI=1S/C19H18N2O3/c1-14-6-7-18(22)17(10-14)19(23)21(13-16-5-3-9-24-16)12-15-4-2-8-20-11-15/h2-11,22H,12-13H2,1H3. The van der Waals surface area contributed by atoms with Gasteiger partial charge in [0.15, 0.2) is 0 Å². The largest absolute Gasteiger partial charge is 0.507 e. The molecule has 2 aromatic heterocycles. The van der Waals surface area contributed by atoms with E-state index < -0.39 is 0 Å². The van der Waals surface area contributed by atoms with Crippen molar-refractivity contribution in [1.82, 2.24) is 9.88 Å². The number of aryl methyl sites for hydroxylation is 1. The molecule has 5 nitrogen and oxygen atoms in total. The third-order valence-corrected chi connectivity index (χ3v) is 3.69. The lowest BCUT2D eigenvalue weighted by atomic mass is 10.1. The number of phenols is 1. The van der Waals surface area contributed by atoms with Crippen molar-refractivity contribution in [3.8, 4) is 5.75 Å². The van der Waals surface area contributed by atoms with Gasteiger partial charge in [-0.05, 0) is 42.8 Å². The lowest BCUT2D eigenvalue weighted by Gasteiger charge is -2.22. The summed E-state index contributed by atoms with van der Waals surface area (Å²) >= 11 is 0. The molecule has 0 fully saturated rings. The molecule has 5 heteroatoms. The van der Waals surface area contributed by atoms with Gasteiger partial charge in [0.1, 0.15) is 11.5 Å². The summed E-state index contributed by atoms with van der Waals surface area (Å²) in [6.07, 6.45) is 4.99. The van der Waals surface area contributed by atoms with Crippen molar-refractivity contribution in [2.45, 2.75) is 20.0 Å². The number of hydrogen-bond donors (Lipinski definition) is 1. The molecule has 2 heterocycles. The van der Waals surface area contributed by atoms with Gasteiger partial charge in [0.05, 0.1) is 18.4 Å². The first-order chi connectivity index (χ1) is 11.6. The monoisotopic (exact) mass is 322 g/mol. The Bertz CT molecular complexity index is 814. The molecular formula is C19H18N2O3. The second-order valence-electron chi connectivity index (χ2n) is 5.62. The molecule has 1 aromatic carbocycles. The topological polar surface area (TPSA) is 66.6 Å². The molecule has 3 aromatic rings. The van der Waals surface area contributed by atoms with Crippen LogP contribution in [0.15, 0.2) is 65.5 Å². The van der Waals surface area contributed by atoms with Crippen molar-refractivity contribution >= 4 is 5.91 Å². The van der Waals surface area contributed by atoms with Gasteiger partial charge in [-0.1, -0.05) is 17.7 Å². The summed E-state index contributed by atoms with van der Waals surface area (Å²) in [5.74, 6) is 0.400. The Morgan fingerprint density at radius 3 is 2.79 bits per heavy atom. The van der Waals surface area contributed by atoms with Gasteiger partial charge >= 0.3 is 0 Å². The number of benzene rings is 1. The number of rotatable bonds is 5. The Morgan fingerprint density at radius 1 is 1.21 bits per heavy atom. The number of carbonyl (C=O) groups is 1. The van der Waals surface area contributed by atoms with Crippen molar-refractivity contribution in [1.29, 1.82) is 0 Å². The SMILES string of the molecule is Cc1ccc(O)c(C(=O)N(Cc2cccnc2)Cc2ccco2)c1. The highest BCUT2D eigenvalue weighted by Gasteiger charge is 2.21. The summed E-state index contributed by atoms with van der Waals surface area (Å²) in [6.45, 7) is 2.57. The summed E-state index contributed by atoms with van der Waals surface area (Å²) in [5.41, 5.74) is 2.10. The number of phenolic OH excluding ortho intramolecular Hbond substituents is 1. The molecule has 0 saturated carbocycles. The fourth-order valence-electron chi connectivity index (χ4n) is 2.49. The van der Waals surface area contributed by atoms with Crippen LogP contribution in [0.5, 0.6) is 5.75 Å². The van der Waals surface area contributed by atoms with E-state index in [4.69, 9.17) is 4.42 Å². The predicted molar refractivity (Wildman–Crippen MR) is 89.4 cm³/mol. The number of nitrogens with zero attached hydrogens (tertiary/aromatic N) is 2. The molecule has 3 rings (SSSR count). The molecule has 0 bridgehead atoms. The minimum absolute atomic E-state index is 0.0266. The smallest absolute Gasteiger partial charge is 0.258 e. The maximum absolute atomic E-state index is 13.0. The number of aromatic hydroxyl groups is 1. The number of aromatic nitrogens is 1. The van der Waals surface area contributed by atoms with Crippen LogP contribution in [0.1, 0.15) is 27.2 Å². The Kier molecular flexibility index (Phi) is 4.61. The second kappa shape index (κ2) is 7.00. The lowest BCUT2D eigenvalue weighted by molar-refractivity contribution is 0.0714. The minimum atomic E-state index is -0.253. The highest BCUT2D eigenvalue weighted by molar-refractivity contribution is 5.97. The van der Waals surface area contributed by atoms with E-state index in [0.717, 1.165) is 11.1 Å². The first-order valence-corrected chi connectivity index (χ1v) is 7.63. The maximum Gasteiger partial charge on any atom is 0.258 e. The zero-order chi connectivity index (χ0) is 16.9. The molecule has 0 saturated heterocycles. The van der Waals surface area contributed by atoms with Crippen molar-refractivity contribution in [2.75, 3.05) is 0 Å². The first kappa shape index (κ1) is 15.8. The third kappa shape index (κ3) is 3.63.